The van der Waals surface area contributed by atoms with Crippen molar-refractivity contribution < 1.29 is 23.6 Å². The second-order valence-corrected chi connectivity index (χ2v) is 10.7. The lowest BCUT2D eigenvalue weighted by Gasteiger charge is -2.21. The summed E-state index contributed by atoms with van der Waals surface area (Å²) in [6.45, 7) is 4.37. The van der Waals surface area contributed by atoms with Crippen LogP contribution in [-0.4, -0.2) is 30.7 Å². The maximum absolute atomic E-state index is 12.9. The molecule has 0 saturated carbocycles. The van der Waals surface area contributed by atoms with Crippen molar-refractivity contribution in [3.05, 3.63) is 68.2 Å². The molecule has 1 aliphatic carbocycles. The van der Waals surface area contributed by atoms with Gasteiger partial charge in [0.2, 0.25) is 0 Å². The number of fused-ring (bicyclic) bond motifs is 1. The number of nitriles is 1. The van der Waals surface area contributed by atoms with Crippen LogP contribution < -0.4 is 10.1 Å². The number of carbonyl (C=O) groups excluding carboxylic acids is 2. The molecule has 8 nitrogen and oxygen atoms in total. The van der Waals surface area contributed by atoms with Gasteiger partial charge in [0.1, 0.15) is 29.1 Å². The van der Waals surface area contributed by atoms with Crippen molar-refractivity contribution in [2.75, 3.05) is 13.7 Å². The summed E-state index contributed by atoms with van der Waals surface area (Å²) in [5, 5.41) is 16.4. The summed E-state index contributed by atoms with van der Waals surface area (Å²) in [5.74, 6) is 1.81. The van der Waals surface area contributed by atoms with E-state index in [1.807, 2.05) is 31.2 Å². The predicted octanol–water partition coefficient (Wildman–Crippen LogP) is 5.26. The number of ether oxygens (including phenoxy) is 2. The maximum Gasteiger partial charge on any atom is 0.407 e. The summed E-state index contributed by atoms with van der Waals surface area (Å²) >= 11 is 1.55. The van der Waals surface area contributed by atoms with Crippen molar-refractivity contribution in [1.29, 1.82) is 5.26 Å². The first-order chi connectivity index (χ1) is 17.9. The topological polar surface area (TPSA) is 114 Å². The third-order valence-corrected chi connectivity index (χ3v) is 7.90. The largest absolute Gasteiger partial charge is 0.497 e. The van der Waals surface area contributed by atoms with E-state index in [9.17, 15) is 14.9 Å². The van der Waals surface area contributed by atoms with Crippen molar-refractivity contribution in [1.82, 2.24) is 10.5 Å². The highest BCUT2D eigenvalue weighted by atomic mass is 32.1. The van der Waals surface area contributed by atoms with Crippen LogP contribution in [0.5, 0.6) is 5.75 Å². The molecule has 0 bridgehead atoms. The third kappa shape index (κ3) is 6.77. The maximum atomic E-state index is 12.9. The molecule has 3 aromatic rings. The van der Waals surface area contributed by atoms with Crippen LogP contribution in [0.15, 0.2) is 34.9 Å². The van der Waals surface area contributed by atoms with Gasteiger partial charge in [-0.15, -0.1) is 11.3 Å². The third-order valence-electron chi connectivity index (χ3n) is 6.65. The summed E-state index contributed by atoms with van der Waals surface area (Å²) in [6.07, 6.45) is 2.48. The quantitative estimate of drug-likeness (QED) is 0.387. The summed E-state index contributed by atoms with van der Waals surface area (Å²) in [7, 11) is 1.63. The van der Waals surface area contributed by atoms with Crippen molar-refractivity contribution in [2.45, 2.75) is 58.4 Å². The summed E-state index contributed by atoms with van der Waals surface area (Å²) in [5.41, 5.74) is 3.40. The van der Waals surface area contributed by atoms with Crippen LogP contribution >= 0.6 is 11.3 Å². The van der Waals surface area contributed by atoms with Crippen LogP contribution in [-0.2, 0) is 35.3 Å². The number of nitrogens with zero attached hydrogens (tertiary/aromatic N) is 2. The average Bonchev–Trinajstić information content (AvgIpc) is 3.47. The van der Waals surface area contributed by atoms with Crippen molar-refractivity contribution in [3.8, 4) is 11.8 Å². The molecule has 1 aliphatic rings. The van der Waals surface area contributed by atoms with Crippen molar-refractivity contribution in [2.24, 2.45) is 5.92 Å². The molecule has 4 rings (SSSR count). The highest BCUT2D eigenvalue weighted by Crippen LogP contribution is 2.37. The Kier molecular flexibility index (Phi) is 8.62. The predicted molar refractivity (Wildman–Crippen MR) is 139 cm³/mol. The van der Waals surface area contributed by atoms with Gasteiger partial charge in [-0.05, 0) is 61.3 Å². The van der Waals surface area contributed by atoms with Gasteiger partial charge in [0.15, 0.2) is 0 Å². The minimum atomic E-state index is -0.494. The second-order valence-electron chi connectivity index (χ2n) is 9.50. The normalized spacial score (nSPS) is 15.4. The first-order valence-electron chi connectivity index (χ1n) is 12.4. The molecule has 37 heavy (non-hydrogen) atoms. The van der Waals surface area contributed by atoms with Crippen LogP contribution in [0, 0.1) is 24.2 Å². The van der Waals surface area contributed by atoms with E-state index >= 15 is 0 Å². The number of thiophene rings is 1. The molecule has 0 aliphatic heterocycles. The summed E-state index contributed by atoms with van der Waals surface area (Å²) in [4.78, 5) is 27.0. The zero-order valence-corrected chi connectivity index (χ0v) is 22.2. The van der Waals surface area contributed by atoms with Gasteiger partial charge < -0.3 is 19.3 Å². The molecule has 2 unspecified atom stereocenters. The van der Waals surface area contributed by atoms with Gasteiger partial charge in [0.25, 0.3) is 0 Å². The number of aromatic nitrogens is 1. The Hall–Kier alpha value is -3.64. The van der Waals surface area contributed by atoms with Crippen molar-refractivity contribution >= 4 is 23.2 Å². The average molecular weight is 522 g/mol. The number of hydrogen-bond donors (Lipinski definition) is 1. The van der Waals surface area contributed by atoms with Gasteiger partial charge >= 0.3 is 6.09 Å². The minimum absolute atomic E-state index is 0.0590. The zero-order valence-electron chi connectivity index (χ0n) is 21.3. The van der Waals surface area contributed by atoms with E-state index in [4.69, 9.17) is 14.0 Å². The first-order valence-corrected chi connectivity index (χ1v) is 13.2. The molecule has 0 fully saturated rings. The fourth-order valence-corrected chi connectivity index (χ4v) is 6.12. The fraction of sp³-hybridized carbons (Fsp3) is 0.429. The zero-order chi connectivity index (χ0) is 26.4. The van der Waals surface area contributed by atoms with Gasteiger partial charge in [-0.2, -0.15) is 5.26 Å². The summed E-state index contributed by atoms with van der Waals surface area (Å²) in [6, 6.07) is 11.9. The van der Waals surface area contributed by atoms with E-state index in [0.29, 0.717) is 30.0 Å². The number of hydrogen-bond acceptors (Lipinski definition) is 8. The lowest BCUT2D eigenvalue weighted by Crippen LogP contribution is -2.27. The molecule has 0 spiro atoms. The fourth-order valence-electron chi connectivity index (χ4n) is 4.67. The number of amides is 1. The lowest BCUT2D eigenvalue weighted by molar-refractivity contribution is -0.118. The smallest absolute Gasteiger partial charge is 0.407 e. The Labute approximate surface area is 220 Å². The lowest BCUT2D eigenvalue weighted by atomic mass is 9.87. The number of Topliss-reactive ketones (excluding diaryl/α,β-unsaturated/α-hetero) is 1. The SMILES string of the molecule is COc1cccc(C(C)CC(=O)Cc2sc3c(c2C#N)CCC(COC(=O)NCc2cc(C)on2)C3)c1. The molecule has 2 heterocycles. The van der Waals surface area contributed by atoms with Gasteiger partial charge in [-0.1, -0.05) is 24.2 Å². The molecule has 2 atom stereocenters. The second kappa shape index (κ2) is 12.1. The van der Waals surface area contributed by atoms with Crippen LogP contribution in [0.1, 0.15) is 63.6 Å². The highest BCUT2D eigenvalue weighted by molar-refractivity contribution is 7.12. The van der Waals surface area contributed by atoms with Gasteiger partial charge in [0.05, 0.1) is 25.8 Å². The van der Waals surface area contributed by atoms with Crippen LogP contribution in [0.2, 0.25) is 0 Å². The Balaban J connectivity index is 1.31. The Morgan fingerprint density at radius 3 is 2.92 bits per heavy atom. The van der Waals surface area contributed by atoms with E-state index in [-0.39, 0.29) is 30.6 Å². The Bertz CT molecular complexity index is 1310. The molecule has 9 heteroatoms. The number of methoxy groups -OCH3 is 1. The molecule has 194 valence electrons. The number of aryl methyl sites for hydroxylation is 1. The first kappa shape index (κ1) is 26.4. The van der Waals surface area contributed by atoms with Crippen molar-refractivity contribution in [3.63, 3.8) is 0 Å². The number of benzene rings is 1. The number of carbonyl (C=O) groups is 2. The number of ketones is 1. The molecule has 1 aromatic carbocycles. The van der Waals surface area contributed by atoms with Crippen LogP contribution in [0.25, 0.3) is 0 Å². The number of rotatable bonds is 10. The number of nitrogens with one attached hydrogen (secondary N) is 1. The van der Waals surface area contributed by atoms with E-state index < -0.39 is 6.09 Å². The summed E-state index contributed by atoms with van der Waals surface area (Å²) < 4.78 is 15.7. The Morgan fingerprint density at radius 1 is 1.35 bits per heavy atom. The molecular formula is C28H31N3O5S. The van der Waals surface area contributed by atoms with Gasteiger partial charge in [-0.25, -0.2) is 4.79 Å². The van der Waals surface area contributed by atoms with E-state index in [2.05, 4.69) is 16.5 Å². The highest BCUT2D eigenvalue weighted by Gasteiger charge is 2.27. The van der Waals surface area contributed by atoms with Crippen LogP contribution in [0.4, 0.5) is 4.79 Å². The minimum Gasteiger partial charge on any atom is -0.497 e. The van der Waals surface area contributed by atoms with E-state index in [0.717, 1.165) is 45.9 Å². The van der Waals surface area contributed by atoms with E-state index in [1.54, 1.807) is 31.4 Å². The molecular weight excluding hydrogens is 490 g/mol. The Morgan fingerprint density at radius 2 is 2.19 bits per heavy atom. The monoisotopic (exact) mass is 521 g/mol. The number of alkyl carbamates (subject to hydrolysis) is 1. The molecule has 1 amide bonds. The standard InChI is InChI=1S/C28H31N3O5S/c1-17(20-5-4-6-23(12-20)34-3)9-22(32)13-27-25(14-29)24-8-7-19(11-26(24)37-27)16-35-28(33)30-15-21-10-18(2)36-31-21/h4-6,10,12,17,19H,7-9,11,13,15-16H2,1-3H3,(H,30,33). The molecule has 1 N–H and O–H groups in total. The van der Waals surface area contributed by atoms with E-state index in [1.165, 1.54) is 0 Å². The van der Waals surface area contributed by atoms with Crippen LogP contribution in [0.3, 0.4) is 0 Å². The van der Waals surface area contributed by atoms with Gasteiger partial charge in [-0.3, -0.25) is 4.79 Å². The molecule has 0 saturated heterocycles. The van der Waals surface area contributed by atoms with Gasteiger partial charge in [0, 0.05) is 28.7 Å². The molecule has 0 radical (unpaired) electrons. The molecule has 2 aromatic heterocycles.